The van der Waals surface area contributed by atoms with Crippen LogP contribution in [-0.2, 0) is 0 Å². The Morgan fingerprint density at radius 2 is 2.00 bits per heavy atom. The summed E-state index contributed by atoms with van der Waals surface area (Å²) < 4.78 is 12.9. The Labute approximate surface area is 139 Å². The molecule has 3 rings (SSSR count). The number of hydrogen-bond acceptors (Lipinski definition) is 3. The van der Waals surface area contributed by atoms with Gasteiger partial charge in [-0.15, -0.1) is 23.7 Å². The van der Waals surface area contributed by atoms with Crippen LogP contribution in [0.15, 0.2) is 36.4 Å². The van der Waals surface area contributed by atoms with Crippen molar-refractivity contribution in [2.75, 3.05) is 19.6 Å². The minimum Gasteiger partial charge on any atom is -0.338 e. The van der Waals surface area contributed by atoms with Gasteiger partial charge in [0.25, 0.3) is 5.91 Å². The van der Waals surface area contributed by atoms with Crippen LogP contribution in [0.4, 0.5) is 4.39 Å². The first-order valence-corrected chi connectivity index (χ1v) is 7.84. The molecule has 1 aromatic heterocycles. The maximum absolute atomic E-state index is 12.9. The lowest BCUT2D eigenvalue weighted by Gasteiger charge is -2.14. The third kappa shape index (κ3) is 3.48. The fourth-order valence-electron chi connectivity index (χ4n) is 2.59. The average Bonchev–Trinajstić information content (AvgIpc) is 3.16. The molecule has 1 fully saturated rings. The molecule has 1 amide bonds. The summed E-state index contributed by atoms with van der Waals surface area (Å²) in [6.45, 7) is 2.17. The van der Waals surface area contributed by atoms with Crippen molar-refractivity contribution >= 4 is 29.7 Å². The zero-order chi connectivity index (χ0) is 14.8. The molecule has 2 aromatic rings. The SMILES string of the molecule is Cl.NCC1CCN(C(=O)c2ccc(-c3ccc(F)cc3)s2)C1. The van der Waals surface area contributed by atoms with Gasteiger partial charge in [-0.2, -0.15) is 0 Å². The number of carbonyl (C=O) groups is 1. The fraction of sp³-hybridized carbons (Fsp3) is 0.312. The number of amides is 1. The Hall–Kier alpha value is -1.43. The van der Waals surface area contributed by atoms with Crippen LogP contribution in [0.25, 0.3) is 10.4 Å². The quantitative estimate of drug-likeness (QED) is 0.930. The van der Waals surface area contributed by atoms with Crippen molar-refractivity contribution in [2.45, 2.75) is 6.42 Å². The summed E-state index contributed by atoms with van der Waals surface area (Å²) in [4.78, 5) is 16.0. The number of hydrogen-bond donors (Lipinski definition) is 1. The number of rotatable bonds is 3. The molecule has 1 aliphatic heterocycles. The smallest absolute Gasteiger partial charge is 0.263 e. The summed E-state index contributed by atoms with van der Waals surface area (Å²) in [6.07, 6.45) is 0.985. The van der Waals surface area contributed by atoms with Gasteiger partial charge in [0.2, 0.25) is 0 Å². The van der Waals surface area contributed by atoms with Crippen LogP contribution in [0, 0.1) is 11.7 Å². The number of thiophene rings is 1. The molecule has 1 atom stereocenters. The van der Waals surface area contributed by atoms with Gasteiger partial charge in [-0.25, -0.2) is 4.39 Å². The topological polar surface area (TPSA) is 46.3 Å². The van der Waals surface area contributed by atoms with E-state index in [1.807, 2.05) is 17.0 Å². The van der Waals surface area contributed by atoms with E-state index < -0.39 is 0 Å². The highest BCUT2D eigenvalue weighted by molar-refractivity contribution is 7.17. The highest BCUT2D eigenvalue weighted by atomic mass is 35.5. The van der Waals surface area contributed by atoms with E-state index in [9.17, 15) is 9.18 Å². The summed E-state index contributed by atoms with van der Waals surface area (Å²) in [6, 6.07) is 10.1. The Morgan fingerprint density at radius 1 is 1.27 bits per heavy atom. The number of benzene rings is 1. The molecule has 3 nitrogen and oxygen atoms in total. The molecule has 1 aliphatic rings. The first kappa shape index (κ1) is 16.9. The van der Waals surface area contributed by atoms with Gasteiger partial charge in [0.15, 0.2) is 0 Å². The van der Waals surface area contributed by atoms with Gasteiger partial charge in [0, 0.05) is 18.0 Å². The predicted octanol–water partition coefficient (Wildman–Crippen LogP) is 3.40. The van der Waals surface area contributed by atoms with Gasteiger partial charge in [0.05, 0.1) is 4.88 Å². The van der Waals surface area contributed by atoms with E-state index in [-0.39, 0.29) is 24.1 Å². The number of likely N-dealkylation sites (tertiary alicyclic amines) is 1. The van der Waals surface area contributed by atoms with Crippen molar-refractivity contribution in [2.24, 2.45) is 11.7 Å². The molecule has 0 spiro atoms. The molecule has 0 aliphatic carbocycles. The standard InChI is InChI=1S/C16H17FN2OS.ClH/c17-13-3-1-12(2-4-13)14-5-6-15(21-14)16(20)19-8-7-11(9-18)10-19;/h1-6,11H,7-10,18H2;1H. The lowest BCUT2D eigenvalue weighted by Crippen LogP contribution is -2.29. The average molecular weight is 341 g/mol. The van der Waals surface area contributed by atoms with Crippen LogP contribution in [-0.4, -0.2) is 30.4 Å². The first-order valence-electron chi connectivity index (χ1n) is 7.02. The van der Waals surface area contributed by atoms with Crippen molar-refractivity contribution in [3.8, 4) is 10.4 Å². The Bertz CT molecular complexity index is 644. The second kappa shape index (κ2) is 7.22. The van der Waals surface area contributed by atoms with Crippen LogP contribution in [0.5, 0.6) is 0 Å². The van der Waals surface area contributed by atoms with Gasteiger partial charge in [-0.1, -0.05) is 12.1 Å². The van der Waals surface area contributed by atoms with Crippen molar-refractivity contribution in [3.05, 3.63) is 47.1 Å². The third-order valence-electron chi connectivity index (χ3n) is 3.85. The van der Waals surface area contributed by atoms with Crippen molar-refractivity contribution in [1.29, 1.82) is 0 Å². The van der Waals surface area contributed by atoms with E-state index >= 15 is 0 Å². The molecule has 0 radical (unpaired) electrons. The zero-order valence-corrected chi connectivity index (χ0v) is 13.6. The van der Waals surface area contributed by atoms with E-state index in [0.29, 0.717) is 12.5 Å². The maximum Gasteiger partial charge on any atom is 0.263 e. The minimum absolute atomic E-state index is 0. The summed E-state index contributed by atoms with van der Waals surface area (Å²) in [7, 11) is 0. The highest BCUT2D eigenvalue weighted by Crippen LogP contribution is 2.30. The minimum atomic E-state index is -0.253. The summed E-state index contributed by atoms with van der Waals surface area (Å²) in [5.41, 5.74) is 6.59. The largest absolute Gasteiger partial charge is 0.338 e. The van der Waals surface area contributed by atoms with Gasteiger partial charge in [0.1, 0.15) is 5.82 Å². The van der Waals surface area contributed by atoms with Crippen LogP contribution in [0.3, 0.4) is 0 Å². The number of nitrogens with two attached hydrogens (primary N) is 1. The van der Waals surface area contributed by atoms with Gasteiger partial charge in [-0.05, 0) is 48.7 Å². The fourth-order valence-corrected chi connectivity index (χ4v) is 3.57. The molecule has 1 saturated heterocycles. The zero-order valence-electron chi connectivity index (χ0n) is 12.0. The van der Waals surface area contributed by atoms with E-state index in [2.05, 4.69) is 0 Å². The third-order valence-corrected chi connectivity index (χ3v) is 4.97. The van der Waals surface area contributed by atoms with Gasteiger partial charge < -0.3 is 10.6 Å². The Balaban J connectivity index is 0.00000176. The Morgan fingerprint density at radius 3 is 2.64 bits per heavy atom. The number of carbonyl (C=O) groups excluding carboxylic acids is 1. The van der Waals surface area contributed by atoms with E-state index in [4.69, 9.17) is 5.73 Å². The predicted molar refractivity (Wildman–Crippen MR) is 90.0 cm³/mol. The van der Waals surface area contributed by atoms with Crippen molar-refractivity contribution in [3.63, 3.8) is 0 Å². The Kier molecular flexibility index (Phi) is 5.56. The lowest BCUT2D eigenvalue weighted by molar-refractivity contribution is 0.0792. The maximum atomic E-state index is 12.9. The normalized spacial score (nSPS) is 17.4. The summed E-state index contributed by atoms with van der Waals surface area (Å²) in [5.74, 6) is 0.242. The molecule has 0 bridgehead atoms. The molecule has 1 aromatic carbocycles. The highest BCUT2D eigenvalue weighted by Gasteiger charge is 2.26. The molecule has 118 valence electrons. The van der Waals surface area contributed by atoms with Crippen LogP contribution in [0.1, 0.15) is 16.1 Å². The first-order chi connectivity index (χ1) is 10.2. The van der Waals surface area contributed by atoms with Crippen LogP contribution < -0.4 is 5.73 Å². The number of nitrogens with zero attached hydrogens (tertiary/aromatic N) is 1. The van der Waals surface area contributed by atoms with Gasteiger partial charge in [-0.3, -0.25) is 4.79 Å². The molecular weight excluding hydrogens is 323 g/mol. The molecule has 0 saturated carbocycles. The summed E-state index contributed by atoms with van der Waals surface area (Å²) >= 11 is 1.45. The summed E-state index contributed by atoms with van der Waals surface area (Å²) in [5, 5.41) is 0. The van der Waals surface area contributed by atoms with Crippen molar-refractivity contribution in [1.82, 2.24) is 4.90 Å². The van der Waals surface area contributed by atoms with Gasteiger partial charge >= 0.3 is 0 Å². The monoisotopic (exact) mass is 340 g/mol. The molecule has 6 heteroatoms. The van der Waals surface area contributed by atoms with E-state index in [1.165, 1.54) is 23.5 Å². The van der Waals surface area contributed by atoms with E-state index in [0.717, 1.165) is 34.8 Å². The second-order valence-electron chi connectivity index (χ2n) is 5.31. The van der Waals surface area contributed by atoms with Crippen LogP contribution >= 0.6 is 23.7 Å². The second-order valence-corrected chi connectivity index (χ2v) is 6.40. The number of halogens is 2. The molecule has 2 N–H and O–H groups in total. The molecular formula is C16H18ClFN2OS. The molecule has 2 heterocycles. The molecule has 1 unspecified atom stereocenters. The lowest BCUT2D eigenvalue weighted by atomic mass is 10.1. The molecule has 22 heavy (non-hydrogen) atoms. The van der Waals surface area contributed by atoms with Crippen molar-refractivity contribution < 1.29 is 9.18 Å². The van der Waals surface area contributed by atoms with E-state index in [1.54, 1.807) is 12.1 Å². The van der Waals surface area contributed by atoms with Crippen LogP contribution in [0.2, 0.25) is 0 Å².